The summed E-state index contributed by atoms with van der Waals surface area (Å²) in [6, 6.07) is -0.539. The molecule has 1 aliphatic carbocycles. The predicted octanol–water partition coefficient (Wildman–Crippen LogP) is -1.15. The summed E-state index contributed by atoms with van der Waals surface area (Å²) in [6.07, 6.45) is 1.77. The van der Waals surface area contributed by atoms with Crippen molar-refractivity contribution in [2.24, 2.45) is 11.7 Å². The quantitative estimate of drug-likeness (QED) is 0.462. The number of hydrogen-bond donors (Lipinski definition) is 3. The van der Waals surface area contributed by atoms with E-state index in [9.17, 15) is 14.4 Å². The molecule has 0 unspecified atom stereocenters. The molecule has 14 heavy (non-hydrogen) atoms. The SMILES string of the molecule is NC(=O)[C@@H]1CCC[C@@]12NC(=O)NC2=O. The van der Waals surface area contributed by atoms with Gasteiger partial charge in [-0.3, -0.25) is 14.9 Å². The topological polar surface area (TPSA) is 101 Å². The largest absolute Gasteiger partial charge is 0.369 e. The molecule has 2 rings (SSSR count). The third kappa shape index (κ3) is 0.997. The third-order valence-corrected chi connectivity index (χ3v) is 2.97. The first kappa shape index (κ1) is 8.98. The van der Waals surface area contributed by atoms with Crippen molar-refractivity contribution in [1.29, 1.82) is 0 Å². The van der Waals surface area contributed by atoms with Gasteiger partial charge in [0.15, 0.2) is 0 Å². The highest BCUT2D eigenvalue weighted by Gasteiger charge is 2.56. The van der Waals surface area contributed by atoms with Gasteiger partial charge in [0.05, 0.1) is 5.92 Å². The van der Waals surface area contributed by atoms with Crippen molar-refractivity contribution in [2.75, 3.05) is 0 Å². The fraction of sp³-hybridized carbons (Fsp3) is 0.625. The highest BCUT2D eigenvalue weighted by Crippen LogP contribution is 2.37. The molecule has 2 aliphatic rings. The number of urea groups is 1. The summed E-state index contributed by atoms with van der Waals surface area (Å²) in [7, 11) is 0. The minimum Gasteiger partial charge on any atom is -0.369 e. The molecule has 1 heterocycles. The molecular weight excluding hydrogens is 186 g/mol. The molecule has 2 atom stereocenters. The van der Waals surface area contributed by atoms with Crippen LogP contribution in [-0.2, 0) is 9.59 Å². The number of nitrogens with two attached hydrogens (primary N) is 1. The normalized spacial score (nSPS) is 35.9. The van der Waals surface area contributed by atoms with Crippen LogP contribution in [0.4, 0.5) is 4.79 Å². The van der Waals surface area contributed by atoms with Crippen molar-refractivity contribution in [3.8, 4) is 0 Å². The van der Waals surface area contributed by atoms with E-state index in [1.807, 2.05) is 0 Å². The van der Waals surface area contributed by atoms with Gasteiger partial charge >= 0.3 is 6.03 Å². The van der Waals surface area contributed by atoms with Crippen molar-refractivity contribution >= 4 is 17.8 Å². The standard InChI is InChI=1S/C8H11N3O3/c9-5(12)4-2-1-3-8(4)6(13)10-7(14)11-8/h4H,1-3H2,(H2,9,12)(H2,10,11,13,14)/t4-,8+/m0/s1. The smallest absolute Gasteiger partial charge is 0.322 e. The maximum atomic E-state index is 11.5. The molecular formula is C8H11N3O3. The molecule has 4 amide bonds. The van der Waals surface area contributed by atoms with E-state index in [1.165, 1.54) is 0 Å². The van der Waals surface area contributed by atoms with Gasteiger partial charge < -0.3 is 11.1 Å². The first-order valence-electron chi connectivity index (χ1n) is 4.49. The summed E-state index contributed by atoms with van der Waals surface area (Å²) in [4.78, 5) is 33.6. The fourth-order valence-electron chi connectivity index (χ4n) is 2.32. The lowest BCUT2D eigenvalue weighted by atomic mass is 9.86. The van der Waals surface area contributed by atoms with E-state index in [0.29, 0.717) is 12.8 Å². The maximum absolute atomic E-state index is 11.5. The van der Waals surface area contributed by atoms with Crippen molar-refractivity contribution in [1.82, 2.24) is 10.6 Å². The molecule has 1 saturated carbocycles. The highest BCUT2D eigenvalue weighted by molar-refractivity contribution is 6.09. The van der Waals surface area contributed by atoms with Gasteiger partial charge in [-0.2, -0.15) is 0 Å². The zero-order chi connectivity index (χ0) is 10.3. The molecule has 6 nitrogen and oxygen atoms in total. The van der Waals surface area contributed by atoms with Crippen molar-refractivity contribution < 1.29 is 14.4 Å². The molecule has 76 valence electrons. The minimum atomic E-state index is -1.07. The van der Waals surface area contributed by atoms with E-state index in [-0.39, 0.29) is 0 Å². The average Bonchev–Trinajstić information content (AvgIpc) is 2.59. The number of primary amides is 1. The number of carbonyl (C=O) groups excluding carboxylic acids is 3. The summed E-state index contributed by atoms with van der Waals surface area (Å²) in [6.45, 7) is 0. The van der Waals surface area contributed by atoms with Crippen molar-refractivity contribution in [3.63, 3.8) is 0 Å². The highest BCUT2D eigenvalue weighted by atomic mass is 16.2. The number of imide groups is 1. The van der Waals surface area contributed by atoms with Gasteiger partial charge in [-0.15, -0.1) is 0 Å². The summed E-state index contributed by atoms with van der Waals surface area (Å²) in [5.41, 5.74) is 4.12. The van der Waals surface area contributed by atoms with Gasteiger partial charge in [0.2, 0.25) is 5.91 Å². The van der Waals surface area contributed by atoms with Crippen LogP contribution >= 0.6 is 0 Å². The third-order valence-electron chi connectivity index (χ3n) is 2.97. The van der Waals surface area contributed by atoms with Crippen molar-refractivity contribution in [3.05, 3.63) is 0 Å². The van der Waals surface area contributed by atoms with Crippen LogP contribution in [0.3, 0.4) is 0 Å². The second-order valence-electron chi connectivity index (χ2n) is 3.73. The van der Waals surface area contributed by atoms with Crippen LogP contribution in [0.1, 0.15) is 19.3 Å². The number of nitrogens with one attached hydrogen (secondary N) is 2. The molecule has 2 fully saturated rings. The molecule has 1 aliphatic heterocycles. The van der Waals surface area contributed by atoms with E-state index in [1.54, 1.807) is 0 Å². The van der Waals surface area contributed by atoms with E-state index in [4.69, 9.17) is 5.73 Å². The predicted molar refractivity (Wildman–Crippen MR) is 45.9 cm³/mol. The van der Waals surface area contributed by atoms with Crippen LogP contribution in [0.2, 0.25) is 0 Å². The Hall–Kier alpha value is -1.59. The number of hydrogen-bond acceptors (Lipinski definition) is 3. The maximum Gasteiger partial charge on any atom is 0.322 e. The minimum absolute atomic E-state index is 0.427. The van der Waals surface area contributed by atoms with Crippen molar-refractivity contribution in [2.45, 2.75) is 24.8 Å². The van der Waals surface area contributed by atoms with Crippen LogP contribution in [0.5, 0.6) is 0 Å². The fourth-order valence-corrected chi connectivity index (χ4v) is 2.32. The van der Waals surface area contributed by atoms with Crippen LogP contribution in [0.25, 0.3) is 0 Å². The monoisotopic (exact) mass is 197 g/mol. The summed E-state index contributed by atoms with van der Waals surface area (Å²) in [5.74, 6) is -1.53. The lowest BCUT2D eigenvalue weighted by Gasteiger charge is -2.25. The van der Waals surface area contributed by atoms with E-state index < -0.39 is 29.3 Å². The van der Waals surface area contributed by atoms with Gasteiger partial charge in [0.25, 0.3) is 5.91 Å². The molecule has 1 spiro atoms. The molecule has 0 aromatic carbocycles. The zero-order valence-electron chi connectivity index (χ0n) is 7.50. The van der Waals surface area contributed by atoms with Crippen LogP contribution < -0.4 is 16.4 Å². The Labute approximate surface area is 80.2 Å². The number of rotatable bonds is 1. The lowest BCUT2D eigenvalue weighted by Crippen LogP contribution is -2.53. The zero-order valence-corrected chi connectivity index (χ0v) is 7.50. The van der Waals surface area contributed by atoms with E-state index in [2.05, 4.69) is 10.6 Å². The van der Waals surface area contributed by atoms with E-state index >= 15 is 0 Å². The number of amides is 4. The average molecular weight is 197 g/mol. The van der Waals surface area contributed by atoms with Gasteiger partial charge in [-0.25, -0.2) is 4.79 Å². The number of carbonyl (C=O) groups is 3. The Kier molecular flexibility index (Phi) is 1.73. The summed E-state index contributed by atoms with van der Waals surface area (Å²) in [5, 5.41) is 4.65. The Morgan fingerprint density at radius 2 is 2.21 bits per heavy atom. The molecule has 0 radical (unpaired) electrons. The van der Waals surface area contributed by atoms with Crippen LogP contribution in [0, 0.1) is 5.92 Å². The van der Waals surface area contributed by atoms with Crippen LogP contribution in [-0.4, -0.2) is 23.4 Å². The lowest BCUT2D eigenvalue weighted by molar-refractivity contribution is -0.132. The first-order valence-corrected chi connectivity index (χ1v) is 4.49. The molecule has 0 aromatic rings. The van der Waals surface area contributed by atoms with Gasteiger partial charge in [-0.1, -0.05) is 0 Å². The Balaban J connectivity index is 2.34. The second-order valence-corrected chi connectivity index (χ2v) is 3.73. The Bertz CT molecular complexity index is 328. The van der Waals surface area contributed by atoms with Gasteiger partial charge in [0, 0.05) is 0 Å². The molecule has 0 aromatic heterocycles. The van der Waals surface area contributed by atoms with Crippen LogP contribution in [0.15, 0.2) is 0 Å². The van der Waals surface area contributed by atoms with E-state index in [0.717, 1.165) is 6.42 Å². The van der Waals surface area contributed by atoms with Gasteiger partial charge in [0.1, 0.15) is 5.54 Å². The molecule has 6 heteroatoms. The second kappa shape index (κ2) is 2.70. The molecule has 4 N–H and O–H groups in total. The molecule has 0 bridgehead atoms. The molecule has 1 saturated heterocycles. The first-order chi connectivity index (χ1) is 6.56. The Morgan fingerprint density at radius 1 is 1.50 bits per heavy atom. The summed E-state index contributed by atoms with van der Waals surface area (Å²) >= 11 is 0. The van der Waals surface area contributed by atoms with Gasteiger partial charge in [-0.05, 0) is 19.3 Å². The summed E-state index contributed by atoms with van der Waals surface area (Å²) < 4.78 is 0. The Morgan fingerprint density at radius 3 is 2.71 bits per heavy atom.